The van der Waals surface area contributed by atoms with E-state index < -0.39 is 17.7 Å². The number of benzene rings is 2. The van der Waals surface area contributed by atoms with Crippen molar-refractivity contribution >= 4 is 63.5 Å². The molecular formula is C18H11ClFNO3S2. The van der Waals surface area contributed by atoms with Gasteiger partial charge in [0, 0.05) is 5.56 Å². The minimum absolute atomic E-state index is 0.107. The second kappa shape index (κ2) is 7.57. The average Bonchev–Trinajstić information content (AvgIpc) is 2.91. The molecule has 4 nitrogen and oxygen atoms in total. The summed E-state index contributed by atoms with van der Waals surface area (Å²) in [5.41, 5.74) is 0.622. The lowest BCUT2D eigenvalue weighted by Gasteiger charge is -2.17. The van der Waals surface area contributed by atoms with Crippen LogP contribution in [0.15, 0.2) is 47.4 Å². The van der Waals surface area contributed by atoms with Crippen LogP contribution in [-0.2, 0) is 9.53 Å². The summed E-state index contributed by atoms with van der Waals surface area (Å²) in [6, 6.07) is 10.7. The first kappa shape index (κ1) is 18.6. The number of esters is 1. The number of methoxy groups -OCH3 is 1. The third-order valence-corrected chi connectivity index (χ3v) is 5.25. The van der Waals surface area contributed by atoms with E-state index in [4.69, 9.17) is 28.6 Å². The minimum Gasteiger partial charge on any atom is -0.465 e. The summed E-state index contributed by atoms with van der Waals surface area (Å²) in [6.07, 6.45) is 1.36. The summed E-state index contributed by atoms with van der Waals surface area (Å²) in [4.78, 5) is 26.3. The Balaban J connectivity index is 2.04. The van der Waals surface area contributed by atoms with Crippen molar-refractivity contribution in [3.8, 4) is 0 Å². The van der Waals surface area contributed by atoms with E-state index in [1.165, 1.54) is 42.4 Å². The maximum atomic E-state index is 14.0. The van der Waals surface area contributed by atoms with E-state index in [1.54, 1.807) is 18.2 Å². The molecule has 1 fully saturated rings. The predicted molar refractivity (Wildman–Crippen MR) is 105 cm³/mol. The van der Waals surface area contributed by atoms with Gasteiger partial charge < -0.3 is 4.74 Å². The first-order valence-electron chi connectivity index (χ1n) is 7.33. The van der Waals surface area contributed by atoms with Crippen molar-refractivity contribution in [3.63, 3.8) is 0 Å². The van der Waals surface area contributed by atoms with Crippen LogP contribution < -0.4 is 4.90 Å². The summed E-state index contributed by atoms with van der Waals surface area (Å²) in [5, 5.41) is 0.185. The average molecular weight is 408 g/mol. The van der Waals surface area contributed by atoms with Crippen molar-refractivity contribution in [2.75, 3.05) is 12.0 Å². The maximum Gasteiger partial charge on any atom is 0.339 e. The zero-order valence-electron chi connectivity index (χ0n) is 13.4. The fraction of sp³-hybridized carbons (Fsp3) is 0.0556. The molecule has 0 radical (unpaired) electrons. The number of hydrogen-bond donors (Lipinski definition) is 0. The van der Waals surface area contributed by atoms with E-state index in [2.05, 4.69) is 0 Å². The molecule has 2 aromatic rings. The zero-order valence-corrected chi connectivity index (χ0v) is 15.8. The normalized spacial score (nSPS) is 15.7. The van der Waals surface area contributed by atoms with Gasteiger partial charge in [-0.2, -0.15) is 0 Å². The molecule has 0 N–H and O–H groups in total. The Hall–Kier alpha value is -2.22. The van der Waals surface area contributed by atoms with Gasteiger partial charge in [-0.1, -0.05) is 53.8 Å². The Kier molecular flexibility index (Phi) is 5.41. The number of hydrogen-bond acceptors (Lipinski definition) is 5. The molecule has 0 spiro atoms. The standard InChI is InChI=1S/C18H11ClFNO3S2/c1-24-17(23)10-5-2-3-8-14(10)21-16(22)15(26-18(21)25)9-11-12(19)6-4-7-13(11)20/h2-9H,1H3/b15-9-. The number of halogens is 2. The maximum absolute atomic E-state index is 14.0. The van der Waals surface area contributed by atoms with Crippen molar-refractivity contribution in [2.45, 2.75) is 0 Å². The van der Waals surface area contributed by atoms with Crippen LogP contribution in [0.25, 0.3) is 6.08 Å². The fourth-order valence-corrected chi connectivity index (χ4v) is 3.89. The Bertz CT molecular complexity index is 941. The van der Waals surface area contributed by atoms with Gasteiger partial charge in [-0.05, 0) is 30.3 Å². The Morgan fingerprint density at radius 3 is 2.69 bits per heavy atom. The van der Waals surface area contributed by atoms with Crippen LogP contribution in [0.4, 0.5) is 10.1 Å². The second-order valence-corrected chi connectivity index (χ2v) is 7.24. The van der Waals surface area contributed by atoms with Gasteiger partial charge in [0.15, 0.2) is 4.32 Å². The van der Waals surface area contributed by atoms with Gasteiger partial charge in [0.25, 0.3) is 5.91 Å². The van der Waals surface area contributed by atoms with Crippen molar-refractivity contribution in [2.24, 2.45) is 0 Å². The molecule has 1 amide bonds. The lowest BCUT2D eigenvalue weighted by molar-refractivity contribution is -0.113. The van der Waals surface area contributed by atoms with Crippen LogP contribution >= 0.6 is 35.6 Å². The first-order valence-corrected chi connectivity index (χ1v) is 8.93. The van der Waals surface area contributed by atoms with Crippen LogP contribution in [0.2, 0.25) is 5.02 Å². The molecule has 1 aliphatic heterocycles. The summed E-state index contributed by atoms with van der Waals surface area (Å²) < 4.78 is 19.0. The third-order valence-electron chi connectivity index (χ3n) is 3.62. The third kappa shape index (κ3) is 3.38. The lowest BCUT2D eigenvalue weighted by Crippen LogP contribution is -2.29. The highest BCUT2D eigenvalue weighted by Gasteiger charge is 2.35. The Morgan fingerprint density at radius 2 is 2.00 bits per heavy atom. The highest BCUT2D eigenvalue weighted by atomic mass is 35.5. The SMILES string of the molecule is COC(=O)c1ccccc1N1C(=O)/C(=C/c2c(F)cccc2Cl)SC1=S. The minimum atomic E-state index is -0.587. The molecule has 132 valence electrons. The van der Waals surface area contributed by atoms with Crippen molar-refractivity contribution < 1.29 is 18.7 Å². The molecule has 26 heavy (non-hydrogen) atoms. The molecule has 1 aliphatic rings. The molecule has 0 bridgehead atoms. The molecule has 8 heteroatoms. The van der Waals surface area contributed by atoms with Gasteiger partial charge in [0.1, 0.15) is 5.82 Å². The van der Waals surface area contributed by atoms with Crippen LogP contribution in [0, 0.1) is 5.82 Å². The number of carbonyl (C=O) groups excluding carboxylic acids is 2. The number of thiocarbonyl (C=S) groups is 1. The quantitative estimate of drug-likeness (QED) is 0.420. The van der Waals surface area contributed by atoms with E-state index in [-0.39, 0.29) is 25.4 Å². The molecular weight excluding hydrogens is 397 g/mol. The molecule has 2 aromatic carbocycles. The summed E-state index contributed by atoms with van der Waals surface area (Å²) in [5.74, 6) is -1.59. The van der Waals surface area contributed by atoms with Crippen LogP contribution in [-0.4, -0.2) is 23.3 Å². The van der Waals surface area contributed by atoms with E-state index in [0.29, 0.717) is 5.69 Å². The van der Waals surface area contributed by atoms with Gasteiger partial charge in [0.2, 0.25) is 0 Å². The van der Waals surface area contributed by atoms with Crippen molar-refractivity contribution in [1.82, 2.24) is 0 Å². The number of anilines is 1. The Morgan fingerprint density at radius 1 is 1.27 bits per heavy atom. The van der Waals surface area contributed by atoms with E-state index in [1.807, 2.05) is 0 Å². The van der Waals surface area contributed by atoms with Gasteiger partial charge in [-0.3, -0.25) is 9.69 Å². The monoisotopic (exact) mass is 407 g/mol. The second-order valence-electron chi connectivity index (χ2n) is 5.16. The number of amides is 1. The van der Waals surface area contributed by atoms with E-state index in [0.717, 1.165) is 11.8 Å². The van der Waals surface area contributed by atoms with E-state index >= 15 is 0 Å². The number of rotatable bonds is 3. The van der Waals surface area contributed by atoms with Gasteiger partial charge >= 0.3 is 5.97 Å². The molecule has 0 saturated carbocycles. The van der Waals surface area contributed by atoms with Crippen molar-refractivity contribution in [3.05, 3.63) is 69.3 Å². The molecule has 0 atom stereocenters. The summed E-state index contributed by atoms with van der Waals surface area (Å²) >= 11 is 12.3. The highest BCUT2D eigenvalue weighted by molar-refractivity contribution is 8.27. The lowest BCUT2D eigenvalue weighted by atomic mass is 10.1. The first-order chi connectivity index (χ1) is 12.4. The number of carbonyl (C=O) groups is 2. The van der Waals surface area contributed by atoms with Crippen LogP contribution in [0.3, 0.4) is 0 Å². The summed E-state index contributed by atoms with van der Waals surface area (Å²) in [7, 11) is 1.25. The van der Waals surface area contributed by atoms with Gasteiger partial charge in [-0.15, -0.1) is 0 Å². The van der Waals surface area contributed by atoms with Crippen LogP contribution in [0.5, 0.6) is 0 Å². The summed E-state index contributed by atoms with van der Waals surface area (Å²) in [6.45, 7) is 0. The number of thioether (sulfide) groups is 1. The van der Waals surface area contributed by atoms with Crippen molar-refractivity contribution in [1.29, 1.82) is 0 Å². The van der Waals surface area contributed by atoms with Crippen LogP contribution in [0.1, 0.15) is 15.9 Å². The molecule has 1 saturated heterocycles. The molecule has 0 aromatic heterocycles. The molecule has 1 heterocycles. The fourth-order valence-electron chi connectivity index (χ4n) is 2.41. The smallest absolute Gasteiger partial charge is 0.339 e. The molecule has 0 unspecified atom stereocenters. The predicted octanol–water partition coefficient (Wildman–Crippen LogP) is 4.67. The molecule has 3 rings (SSSR count). The highest BCUT2D eigenvalue weighted by Crippen LogP contribution is 2.38. The van der Waals surface area contributed by atoms with E-state index in [9.17, 15) is 14.0 Å². The zero-order chi connectivity index (χ0) is 18.8. The largest absolute Gasteiger partial charge is 0.465 e. The number of para-hydroxylation sites is 1. The van der Waals surface area contributed by atoms with Gasteiger partial charge in [0.05, 0.1) is 28.3 Å². The number of nitrogens with zero attached hydrogens (tertiary/aromatic N) is 1. The molecule has 0 aliphatic carbocycles. The topological polar surface area (TPSA) is 46.6 Å². The van der Waals surface area contributed by atoms with Gasteiger partial charge in [-0.25, -0.2) is 9.18 Å². The number of ether oxygens (including phenoxy) is 1. The Labute approximate surface area is 163 Å².